The number of hydrogen-bond acceptors (Lipinski definition) is 5. The topological polar surface area (TPSA) is 84.9 Å². The Balaban J connectivity index is 0.00000176. The first-order valence-electron chi connectivity index (χ1n) is 7.00. The van der Waals surface area contributed by atoms with E-state index in [1.807, 2.05) is 6.07 Å². The van der Waals surface area contributed by atoms with Crippen molar-refractivity contribution in [2.24, 2.45) is 0 Å². The Bertz CT molecular complexity index is 684. The molecule has 1 aromatic heterocycles. The second-order valence-corrected chi connectivity index (χ2v) is 5.68. The number of fused-ring (bicyclic) bond motifs is 1. The number of hydrogen-bond donors (Lipinski definition) is 1. The van der Waals surface area contributed by atoms with Crippen molar-refractivity contribution in [2.45, 2.75) is 39.4 Å². The predicted molar refractivity (Wildman–Crippen MR) is 74.3 cm³/mol. The molecule has 0 spiro atoms. The zero-order valence-electron chi connectivity index (χ0n) is 13.1. The van der Waals surface area contributed by atoms with Gasteiger partial charge in [-0.2, -0.15) is 15.4 Å². The predicted octanol–water partition coefficient (Wildman–Crippen LogP) is -2.51. The number of aromatic nitrogens is 3. The number of aromatic carboxylic acids is 1. The fraction of sp³-hybridized carbons (Fsp3) is 0.400. The van der Waals surface area contributed by atoms with Gasteiger partial charge < -0.3 is 9.90 Å². The first-order chi connectivity index (χ1) is 10.0. The molecule has 1 aliphatic heterocycles. The third-order valence-electron chi connectivity index (χ3n) is 3.93. The second-order valence-electron chi connectivity index (χ2n) is 5.68. The molecule has 1 N–H and O–H groups in total. The van der Waals surface area contributed by atoms with Crippen molar-refractivity contribution < 1.29 is 28.8 Å². The summed E-state index contributed by atoms with van der Waals surface area (Å²) in [6, 6.07) is 6.79. The molecule has 1 aromatic carbocycles. The minimum Gasteiger partial charge on any atom is -0.543 e. The van der Waals surface area contributed by atoms with Crippen LogP contribution in [0.5, 0.6) is 0 Å². The normalized spacial score (nSPS) is 14.0. The molecule has 0 bridgehead atoms. The molecule has 3 rings (SSSR count). The molecule has 2 heterocycles. The van der Waals surface area contributed by atoms with E-state index < -0.39 is 5.97 Å². The quantitative estimate of drug-likeness (QED) is 0.629. The van der Waals surface area contributed by atoms with Crippen molar-refractivity contribution in [1.29, 1.82) is 0 Å². The van der Waals surface area contributed by atoms with Gasteiger partial charge in [0.25, 0.3) is 0 Å². The van der Waals surface area contributed by atoms with Crippen molar-refractivity contribution >= 4 is 5.97 Å². The van der Waals surface area contributed by atoms with Gasteiger partial charge in [0.05, 0.1) is 11.7 Å². The van der Waals surface area contributed by atoms with Gasteiger partial charge in [-0.3, -0.25) is 4.90 Å². The van der Waals surface area contributed by atoms with Crippen LogP contribution >= 0.6 is 0 Å². The van der Waals surface area contributed by atoms with E-state index in [4.69, 9.17) is 0 Å². The summed E-state index contributed by atoms with van der Waals surface area (Å²) in [6.07, 6.45) is 0.439. The molecule has 1 aliphatic rings. The van der Waals surface area contributed by atoms with Crippen LogP contribution in [-0.4, -0.2) is 32.3 Å². The summed E-state index contributed by atoms with van der Waals surface area (Å²) in [5.41, 5.74) is 3.98. The van der Waals surface area contributed by atoms with E-state index >= 15 is 0 Å². The van der Waals surface area contributed by atoms with E-state index in [0.717, 1.165) is 18.7 Å². The van der Waals surface area contributed by atoms with Gasteiger partial charge in [-0.15, -0.1) is 0 Å². The van der Waals surface area contributed by atoms with Crippen LogP contribution in [0, 0.1) is 0 Å². The molecular formula is C15H17LiN4O2. The monoisotopic (exact) mass is 292 g/mol. The van der Waals surface area contributed by atoms with Gasteiger partial charge in [0, 0.05) is 25.6 Å². The number of benzene rings is 1. The number of H-pyrrole nitrogens is 1. The van der Waals surface area contributed by atoms with Gasteiger partial charge in [-0.25, -0.2) is 0 Å². The Labute approximate surface area is 141 Å². The maximum Gasteiger partial charge on any atom is 1.00 e. The second kappa shape index (κ2) is 6.65. The standard InChI is InChI=1S/C15H18N4O2.Li/c1-9(2)19-7-11-4-3-10(5-12(11)8-19)6-13-14(15(20)21)17-18-16-13;/h3-5,9H,6-8H2,1-2H3,(H,20,21)(H,16,17,18);/q;+1/p-1. The molecular weight excluding hydrogens is 275 g/mol. The van der Waals surface area contributed by atoms with E-state index in [-0.39, 0.29) is 24.6 Å². The molecule has 0 fully saturated rings. The average Bonchev–Trinajstić information content (AvgIpc) is 3.04. The van der Waals surface area contributed by atoms with Crippen molar-refractivity contribution in [3.63, 3.8) is 0 Å². The summed E-state index contributed by atoms with van der Waals surface area (Å²) >= 11 is 0. The van der Waals surface area contributed by atoms with Crippen LogP contribution in [0.15, 0.2) is 18.2 Å². The third kappa shape index (κ3) is 3.25. The van der Waals surface area contributed by atoms with Crippen LogP contribution in [0.1, 0.15) is 46.7 Å². The zero-order valence-corrected chi connectivity index (χ0v) is 13.1. The Hall–Kier alpha value is -1.61. The Morgan fingerprint density at radius 1 is 1.32 bits per heavy atom. The van der Waals surface area contributed by atoms with Crippen LogP contribution in [-0.2, 0) is 19.5 Å². The number of rotatable bonds is 4. The Morgan fingerprint density at radius 3 is 2.73 bits per heavy atom. The maximum absolute atomic E-state index is 10.9. The van der Waals surface area contributed by atoms with E-state index in [9.17, 15) is 9.90 Å². The summed E-state index contributed by atoms with van der Waals surface area (Å²) in [6.45, 7) is 6.29. The molecule has 0 saturated heterocycles. The van der Waals surface area contributed by atoms with Crippen LogP contribution in [0.25, 0.3) is 0 Å². The number of carboxylic acids is 1. The Morgan fingerprint density at radius 2 is 2.05 bits per heavy atom. The number of carbonyl (C=O) groups excluding carboxylic acids is 1. The van der Waals surface area contributed by atoms with Crippen LogP contribution in [0.4, 0.5) is 0 Å². The largest absolute Gasteiger partial charge is 1.00 e. The van der Waals surface area contributed by atoms with Crippen LogP contribution < -0.4 is 24.0 Å². The number of nitrogens with zero attached hydrogens (tertiary/aromatic N) is 3. The molecule has 0 unspecified atom stereocenters. The fourth-order valence-corrected chi connectivity index (χ4v) is 2.68. The van der Waals surface area contributed by atoms with Crippen LogP contribution in [0.2, 0.25) is 0 Å². The molecule has 22 heavy (non-hydrogen) atoms. The number of aromatic amines is 1. The smallest absolute Gasteiger partial charge is 0.543 e. The molecule has 0 saturated carbocycles. The van der Waals surface area contributed by atoms with Gasteiger partial charge in [-0.05, 0) is 30.5 Å². The van der Waals surface area contributed by atoms with E-state index in [0.29, 0.717) is 18.2 Å². The first kappa shape index (κ1) is 16.8. The maximum atomic E-state index is 10.9. The minimum atomic E-state index is -1.30. The zero-order chi connectivity index (χ0) is 15.0. The van der Waals surface area contributed by atoms with Gasteiger partial charge >= 0.3 is 18.9 Å². The first-order valence-corrected chi connectivity index (χ1v) is 7.00. The molecule has 0 aliphatic carbocycles. The molecule has 0 radical (unpaired) electrons. The van der Waals surface area contributed by atoms with Crippen molar-refractivity contribution in [3.8, 4) is 0 Å². The third-order valence-corrected chi connectivity index (χ3v) is 3.93. The van der Waals surface area contributed by atoms with Gasteiger partial charge in [0.1, 0.15) is 5.69 Å². The van der Waals surface area contributed by atoms with E-state index in [1.165, 1.54) is 11.1 Å². The van der Waals surface area contributed by atoms with Crippen molar-refractivity contribution in [1.82, 2.24) is 20.3 Å². The minimum absolute atomic E-state index is 0. The Kier molecular flexibility index (Phi) is 5.07. The molecule has 0 atom stereocenters. The molecule has 0 amide bonds. The molecule has 2 aromatic rings. The SMILES string of the molecule is CC(C)N1Cc2ccc(Cc3n[nH]nc3C(=O)[O-])cc2C1.[Li+]. The average molecular weight is 292 g/mol. The number of carboxylic acid groups (broad SMARTS) is 1. The molecule has 7 heteroatoms. The van der Waals surface area contributed by atoms with Gasteiger partial charge in [-0.1, -0.05) is 18.2 Å². The van der Waals surface area contributed by atoms with Gasteiger partial charge in [0.15, 0.2) is 0 Å². The van der Waals surface area contributed by atoms with E-state index in [1.54, 1.807) is 0 Å². The summed E-state index contributed by atoms with van der Waals surface area (Å²) in [5.74, 6) is -1.30. The van der Waals surface area contributed by atoms with Crippen LogP contribution in [0.3, 0.4) is 0 Å². The summed E-state index contributed by atoms with van der Waals surface area (Å²) < 4.78 is 0. The molecule has 110 valence electrons. The number of carbonyl (C=O) groups is 1. The van der Waals surface area contributed by atoms with Crippen molar-refractivity contribution in [2.75, 3.05) is 0 Å². The van der Waals surface area contributed by atoms with Gasteiger partial charge in [0.2, 0.25) is 0 Å². The summed E-state index contributed by atoms with van der Waals surface area (Å²) in [5, 5.41) is 20.8. The summed E-state index contributed by atoms with van der Waals surface area (Å²) in [4.78, 5) is 13.3. The summed E-state index contributed by atoms with van der Waals surface area (Å²) in [7, 11) is 0. The number of nitrogens with one attached hydrogen (secondary N) is 1. The van der Waals surface area contributed by atoms with Crippen molar-refractivity contribution in [3.05, 3.63) is 46.3 Å². The molecule has 6 nitrogen and oxygen atoms in total. The fourth-order valence-electron chi connectivity index (χ4n) is 2.68. The van der Waals surface area contributed by atoms with E-state index in [2.05, 4.69) is 46.3 Å².